The molecule has 0 unspecified atom stereocenters. The Kier molecular flexibility index (Phi) is 2.79. The molecule has 0 aliphatic carbocycles. The summed E-state index contributed by atoms with van der Waals surface area (Å²) in [5, 5.41) is 8.04. The van der Waals surface area contributed by atoms with Crippen LogP contribution in [0.15, 0.2) is 42.7 Å². The number of hydrogen-bond donors (Lipinski definition) is 2. The van der Waals surface area contributed by atoms with Crippen LogP contribution < -0.4 is 5.32 Å². The lowest BCUT2D eigenvalue weighted by Crippen LogP contribution is -2.23. The number of hydrogen-bond acceptors (Lipinski definition) is 2. The van der Waals surface area contributed by atoms with Crippen LogP contribution in [0.2, 0.25) is 0 Å². The van der Waals surface area contributed by atoms with E-state index in [1.54, 1.807) is 4.68 Å². The SMILES string of the molecule is Cn1ccc(CNC(=O)c2cccc3[nH]ccc23)n1. The highest BCUT2D eigenvalue weighted by Crippen LogP contribution is 2.17. The third-order valence-electron chi connectivity index (χ3n) is 3.04. The van der Waals surface area contributed by atoms with Crippen LogP contribution in [-0.2, 0) is 13.6 Å². The van der Waals surface area contributed by atoms with Crippen LogP contribution in [0.1, 0.15) is 16.1 Å². The summed E-state index contributed by atoms with van der Waals surface area (Å²) in [5.74, 6) is -0.0872. The lowest BCUT2D eigenvalue weighted by molar-refractivity contribution is 0.0952. The standard InChI is InChI=1S/C14H14N4O/c1-18-8-6-10(17-18)9-16-14(19)12-3-2-4-13-11(12)5-7-15-13/h2-8,15H,9H2,1H3,(H,16,19). The molecular weight excluding hydrogens is 240 g/mol. The van der Waals surface area contributed by atoms with Crippen molar-refractivity contribution in [1.29, 1.82) is 0 Å². The molecule has 0 radical (unpaired) electrons. The fourth-order valence-electron chi connectivity index (χ4n) is 2.11. The molecule has 96 valence electrons. The second kappa shape index (κ2) is 4.61. The van der Waals surface area contributed by atoms with E-state index in [9.17, 15) is 4.79 Å². The number of amides is 1. The molecule has 19 heavy (non-hydrogen) atoms. The molecule has 2 heterocycles. The number of aromatic amines is 1. The average molecular weight is 254 g/mol. The highest BCUT2D eigenvalue weighted by Gasteiger charge is 2.10. The van der Waals surface area contributed by atoms with E-state index in [-0.39, 0.29) is 5.91 Å². The lowest BCUT2D eigenvalue weighted by atomic mass is 10.1. The van der Waals surface area contributed by atoms with Crippen LogP contribution >= 0.6 is 0 Å². The summed E-state index contributed by atoms with van der Waals surface area (Å²) in [4.78, 5) is 15.3. The molecule has 0 atom stereocenters. The van der Waals surface area contributed by atoms with Crippen LogP contribution in [0.25, 0.3) is 10.9 Å². The smallest absolute Gasteiger partial charge is 0.252 e. The number of carbonyl (C=O) groups excluding carboxylic acids is 1. The minimum Gasteiger partial charge on any atom is -0.361 e. The van der Waals surface area contributed by atoms with E-state index in [1.165, 1.54) is 0 Å². The molecule has 2 N–H and O–H groups in total. The predicted octanol–water partition coefficient (Wildman–Crippen LogP) is 1.83. The van der Waals surface area contributed by atoms with Gasteiger partial charge in [-0.3, -0.25) is 9.48 Å². The molecule has 5 heteroatoms. The van der Waals surface area contributed by atoms with Crippen LogP contribution in [0, 0.1) is 0 Å². The normalized spacial score (nSPS) is 10.8. The summed E-state index contributed by atoms with van der Waals surface area (Å²) in [5.41, 5.74) is 2.48. The third kappa shape index (κ3) is 2.22. The Bertz CT molecular complexity index is 726. The molecule has 1 amide bonds. The number of aromatic nitrogens is 3. The number of H-pyrrole nitrogens is 1. The molecule has 3 aromatic rings. The maximum absolute atomic E-state index is 12.2. The zero-order valence-electron chi connectivity index (χ0n) is 10.6. The Morgan fingerprint density at radius 3 is 3.05 bits per heavy atom. The maximum atomic E-state index is 12.2. The van der Waals surface area contributed by atoms with Crippen molar-refractivity contribution in [3.05, 3.63) is 54.0 Å². The number of fused-ring (bicyclic) bond motifs is 1. The average Bonchev–Trinajstić information content (AvgIpc) is 3.03. The highest BCUT2D eigenvalue weighted by molar-refractivity contribution is 6.06. The van der Waals surface area contributed by atoms with Gasteiger partial charge >= 0.3 is 0 Å². The van der Waals surface area contributed by atoms with Crippen LogP contribution in [-0.4, -0.2) is 20.7 Å². The van der Waals surface area contributed by atoms with E-state index < -0.39 is 0 Å². The number of nitrogens with one attached hydrogen (secondary N) is 2. The molecule has 1 aromatic carbocycles. The Hall–Kier alpha value is -2.56. The number of carbonyl (C=O) groups is 1. The van der Waals surface area contributed by atoms with Gasteiger partial charge in [0.2, 0.25) is 0 Å². The minimum atomic E-state index is -0.0872. The molecule has 3 rings (SSSR count). The van der Waals surface area contributed by atoms with Gasteiger partial charge in [0, 0.05) is 35.9 Å². The van der Waals surface area contributed by atoms with Gasteiger partial charge in [0.25, 0.3) is 5.91 Å². The van der Waals surface area contributed by atoms with E-state index in [2.05, 4.69) is 15.4 Å². The van der Waals surface area contributed by atoms with Crippen LogP contribution in [0.3, 0.4) is 0 Å². The molecule has 5 nitrogen and oxygen atoms in total. The van der Waals surface area contributed by atoms with Crippen molar-refractivity contribution in [2.45, 2.75) is 6.54 Å². The Morgan fingerprint density at radius 2 is 2.26 bits per heavy atom. The number of benzene rings is 1. The first kappa shape index (κ1) is 11.5. The van der Waals surface area contributed by atoms with Gasteiger partial charge in [-0.1, -0.05) is 6.07 Å². The Balaban J connectivity index is 1.78. The fourth-order valence-corrected chi connectivity index (χ4v) is 2.11. The molecule has 0 aliphatic rings. The van der Waals surface area contributed by atoms with E-state index >= 15 is 0 Å². The molecule has 0 fully saturated rings. The van der Waals surface area contributed by atoms with Gasteiger partial charge in [0.05, 0.1) is 12.2 Å². The first-order valence-electron chi connectivity index (χ1n) is 6.07. The number of rotatable bonds is 3. The number of nitrogens with zero attached hydrogens (tertiary/aromatic N) is 2. The predicted molar refractivity (Wildman–Crippen MR) is 72.7 cm³/mol. The van der Waals surface area contributed by atoms with Crippen molar-refractivity contribution in [3.8, 4) is 0 Å². The van der Waals surface area contributed by atoms with Crippen LogP contribution in [0.4, 0.5) is 0 Å². The molecule has 0 aliphatic heterocycles. The van der Waals surface area contributed by atoms with Gasteiger partial charge in [0.15, 0.2) is 0 Å². The second-order valence-electron chi connectivity index (χ2n) is 4.41. The maximum Gasteiger partial charge on any atom is 0.252 e. The third-order valence-corrected chi connectivity index (χ3v) is 3.04. The van der Waals surface area contributed by atoms with Gasteiger partial charge < -0.3 is 10.3 Å². The molecule has 0 bridgehead atoms. The summed E-state index contributed by atoms with van der Waals surface area (Å²) in [6.45, 7) is 0.431. The van der Waals surface area contributed by atoms with Gasteiger partial charge in [-0.05, 0) is 24.3 Å². The van der Waals surface area contributed by atoms with Crippen molar-refractivity contribution in [2.24, 2.45) is 7.05 Å². The van der Waals surface area contributed by atoms with E-state index in [4.69, 9.17) is 0 Å². The number of aryl methyl sites for hydroxylation is 1. The summed E-state index contributed by atoms with van der Waals surface area (Å²) >= 11 is 0. The zero-order valence-corrected chi connectivity index (χ0v) is 10.6. The summed E-state index contributed by atoms with van der Waals surface area (Å²) < 4.78 is 1.72. The van der Waals surface area contributed by atoms with Crippen molar-refractivity contribution >= 4 is 16.8 Å². The zero-order chi connectivity index (χ0) is 13.2. The van der Waals surface area contributed by atoms with Gasteiger partial charge in [-0.25, -0.2) is 0 Å². The quantitative estimate of drug-likeness (QED) is 0.749. The van der Waals surface area contributed by atoms with Crippen LogP contribution in [0.5, 0.6) is 0 Å². The Morgan fingerprint density at radius 1 is 1.37 bits per heavy atom. The molecular formula is C14H14N4O. The van der Waals surface area contributed by atoms with E-state index in [0.717, 1.165) is 16.6 Å². The first-order valence-corrected chi connectivity index (χ1v) is 6.07. The monoisotopic (exact) mass is 254 g/mol. The first-order chi connectivity index (χ1) is 9.24. The Labute approximate surface area is 110 Å². The lowest BCUT2D eigenvalue weighted by Gasteiger charge is -2.04. The van der Waals surface area contributed by atoms with Gasteiger partial charge in [0.1, 0.15) is 0 Å². The van der Waals surface area contributed by atoms with Crippen molar-refractivity contribution in [2.75, 3.05) is 0 Å². The molecule has 0 saturated heterocycles. The van der Waals surface area contributed by atoms with Crippen molar-refractivity contribution in [3.63, 3.8) is 0 Å². The second-order valence-corrected chi connectivity index (χ2v) is 4.41. The molecule has 0 saturated carbocycles. The minimum absolute atomic E-state index is 0.0872. The largest absolute Gasteiger partial charge is 0.361 e. The summed E-state index contributed by atoms with van der Waals surface area (Å²) in [7, 11) is 1.85. The summed E-state index contributed by atoms with van der Waals surface area (Å²) in [6, 6.07) is 9.44. The molecule has 2 aromatic heterocycles. The van der Waals surface area contributed by atoms with E-state index in [0.29, 0.717) is 12.1 Å². The van der Waals surface area contributed by atoms with Crippen molar-refractivity contribution < 1.29 is 4.79 Å². The summed E-state index contributed by atoms with van der Waals surface area (Å²) in [6.07, 6.45) is 3.69. The van der Waals surface area contributed by atoms with Gasteiger partial charge in [-0.2, -0.15) is 5.10 Å². The van der Waals surface area contributed by atoms with Gasteiger partial charge in [-0.15, -0.1) is 0 Å². The highest BCUT2D eigenvalue weighted by atomic mass is 16.1. The topological polar surface area (TPSA) is 62.7 Å². The van der Waals surface area contributed by atoms with Crippen molar-refractivity contribution in [1.82, 2.24) is 20.1 Å². The fraction of sp³-hybridized carbons (Fsp3) is 0.143. The molecule has 0 spiro atoms. The van der Waals surface area contributed by atoms with E-state index in [1.807, 2.05) is 49.8 Å².